The van der Waals surface area contributed by atoms with Gasteiger partial charge in [0.2, 0.25) is 5.91 Å². The first-order chi connectivity index (χ1) is 15.1. The molecule has 5 rings (SSSR count). The van der Waals surface area contributed by atoms with Crippen LogP contribution in [0.1, 0.15) is 29.3 Å². The Labute approximate surface area is 183 Å². The van der Waals surface area contributed by atoms with Crippen molar-refractivity contribution in [2.24, 2.45) is 0 Å². The van der Waals surface area contributed by atoms with Gasteiger partial charge in [-0.2, -0.15) is 5.10 Å². The fraction of sp³-hybridized carbons (Fsp3) is 0.348. The van der Waals surface area contributed by atoms with Crippen molar-refractivity contribution in [2.45, 2.75) is 32.4 Å². The number of amides is 1. The van der Waals surface area contributed by atoms with Crippen molar-refractivity contribution in [3.05, 3.63) is 63.3 Å². The van der Waals surface area contributed by atoms with Crippen LogP contribution < -0.4 is 15.0 Å². The molecule has 0 radical (unpaired) electrons. The molecule has 2 aliphatic rings. The quantitative estimate of drug-likeness (QED) is 0.625. The molecule has 0 spiro atoms. The van der Waals surface area contributed by atoms with Crippen LogP contribution in [0.5, 0.6) is 11.5 Å². The number of aromatic nitrogens is 2. The molecule has 7 nitrogen and oxygen atoms in total. The maximum atomic E-state index is 13.2. The summed E-state index contributed by atoms with van der Waals surface area (Å²) in [5.74, 6) is 1.36. The molecule has 0 N–H and O–H groups in total. The molecule has 0 saturated carbocycles. The van der Waals surface area contributed by atoms with Crippen LogP contribution in [0.4, 0.5) is 0 Å². The van der Waals surface area contributed by atoms with E-state index in [0.29, 0.717) is 25.5 Å². The predicted molar refractivity (Wildman–Crippen MR) is 118 cm³/mol. The number of benzene rings is 1. The Bertz CT molecular complexity index is 1190. The minimum absolute atomic E-state index is 0.0397. The SMILES string of the molecule is Cc1ccc(-c2ccc(=O)n(CC(=O)N3CCCC3c3ccc4c(c3)OCCO4)n2)s1. The summed E-state index contributed by atoms with van der Waals surface area (Å²) in [6.07, 6.45) is 1.80. The zero-order chi connectivity index (χ0) is 21.4. The molecule has 2 aliphatic heterocycles. The van der Waals surface area contributed by atoms with Gasteiger partial charge in [0.05, 0.1) is 10.9 Å². The second kappa shape index (κ2) is 8.19. The minimum atomic E-state index is -0.277. The van der Waals surface area contributed by atoms with Gasteiger partial charge in [-0.05, 0) is 55.7 Å². The van der Waals surface area contributed by atoms with Crippen LogP contribution in [0.2, 0.25) is 0 Å². The van der Waals surface area contributed by atoms with Crippen LogP contribution in [0.25, 0.3) is 10.6 Å². The number of ether oxygens (including phenoxy) is 2. The van der Waals surface area contributed by atoms with E-state index in [1.54, 1.807) is 17.4 Å². The van der Waals surface area contributed by atoms with E-state index < -0.39 is 0 Å². The van der Waals surface area contributed by atoms with E-state index in [1.807, 2.05) is 42.2 Å². The average molecular weight is 438 g/mol. The fourth-order valence-corrected chi connectivity index (χ4v) is 5.00. The van der Waals surface area contributed by atoms with Crippen molar-refractivity contribution in [3.8, 4) is 22.1 Å². The number of rotatable bonds is 4. The van der Waals surface area contributed by atoms with Gasteiger partial charge in [0.25, 0.3) is 5.56 Å². The van der Waals surface area contributed by atoms with E-state index in [2.05, 4.69) is 5.10 Å². The molecule has 4 heterocycles. The molecule has 1 aromatic carbocycles. The van der Waals surface area contributed by atoms with E-state index in [1.165, 1.54) is 15.6 Å². The van der Waals surface area contributed by atoms with Gasteiger partial charge in [-0.3, -0.25) is 9.59 Å². The second-order valence-corrected chi connectivity index (χ2v) is 9.06. The summed E-state index contributed by atoms with van der Waals surface area (Å²) in [4.78, 5) is 29.5. The number of aryl methyl sites for hydroxylation is 1. The topological polar surface area (TPSA) is 73.7 Å². The number of hydrogen-bond donors (Lipinski definition) is 0. The van der Waals surface area contributed by atoms with E-state index >= 15 is 0 Å². The lowest BCUT2D eigenvalue weighted by atomic mass is 10.0. The summed E-state index contributed by atoms with van der Waals surface area (Å²) in [7, 11) is 0. The maximum absolute atomic E-state index is 13.2. The van der Waals surface area contributed by atoms with Gasteiger partial charge in [-0.1, -0.05) is 6.07 Å². The van der Waals surface area contributed by atoms with Gasteiger partial charge in [-0.15, -0.1) is 11.3 Å². The van der Waals surface area contributed by atoms with Crippen LogP contribution in [0.15, 0.2) is 47.3 Å². The highest BCUT2D eigenvalue weighted by molar-refractivity contribution is 7.15. The molecule has 2 aromatic heterocycles. The normalized spacial score (nSPS) is 17.7. The van der Waals surface area contributed by atoms with Crippen molar-refractivity contribution in [1.29, 1.82) is 0 Å². The molecule has 1 saturated heterocycles. The summed E-state index contributed by atoms with van der Waals surface area (Å²) in [6, 6.07) is 13.0. The van der Waals surface area contributed by atoms with Crippen molar-refractivity contribution in [1.82, 2.24) is 14.7 Å². The lowest BCUT2D eigenvalue weighted by molar-refractivity contribution is -0.133. The Hall–Kier alpha value is -3.13. The first-order valence-corrected chi connectivity index (χ1v) is 11.2. The summed E-state index contributed by atoms with van der Waals surface area (Å²) in [6.45, 7) is 3.69. The maximum Gasteiger partial charge on any atom is 0.267 e. The Morgan fingerprint density at radius 2 is 1.97 bits per heavy atom. The van der Waals surface area contributed by atoms with Crippen molar-refractivity contribution in [3.63, 3.8) is 0 Å². The number of likely N-dealkylation sites (tertiary alicyclic amines) is 1. The first-order valence-electron chi connectivity index (χ1n) is 10.4. The van der Waals surface area contributed by atoms with E-state index in [4.69, 9.17) is 9.47 Å². The van der Waals surface area contributed by atoms with Crippen molar-refractivity contribution in [2.75, 3.05) is 19.8 Å². The first kappa shape index (κ1) is 19.8. The Balaban J connectivity index is 1.37. The molecular formula is C23H23N3O4S. The van der Waals surface area contributed by atoms with Crippen LogP contribution in [-0.4, -0.2) is 40.3 Å². The smallest absolute Gasteiger partial charge is 0.267 e. The number of carbonyl (C=O) groups excluding carboxylic acids is 1. The predicted octanol–water partition coefficient (Wildman–Crippen LogP) is 3.42. The summed E-state index contributed by atoms with van der Waals surface area (Å²) < 4.78 is 12.6. The molecule has 0 bridgehead atoms. The highest BCUT2D eigenvalue weighted by Gasteiger charge is 2.31. The van der Waals surface area contributed by atoms with E-state index in [-0.39, 0.29) is 24.1 Å². The van der Waals surface area contributed by atoms with Crippen molar-refractivity contribution >= 4 is 17.2 Å². The summed E-state index contributed by atoms with van der Waals surface area (Å²) in [5, 5.41) is 4.45. The van der Waals surface area contributed by atoms with Crippen LogP contribution in [-0.2, 0) is 11.3 Å². The third-order valence-corrected chi connectivity index (χ3v) is 6.69. The molecule has 160 valence electrons. The molecular weight excluding hydrogens is 414 g/mol. The van der Waals surface area contributed by atoms with E-state index in [0.717, 1.165) is 34.8 Å². The van der Waals surface area contributed by atoms with Crippen LogP contribution in [0, 0.1) is 6.92 Å². The molecule has 1 fully saturated rings. The standard InChI is InChI=1S/C23H23N3O4S/c1-15-4-8-21(31-15)17-6-9-22(27)26(24-17)14-23(28)25-10-2-3-18(25)16-5-7-19-20(13-16)30-12-11-29-19/h4-9,13,18H,2-3,10-12,14H2,1H3. The monoisotopic (exact) mass is 437 g/mol. The number of carbonyl (C=O) groups is 1. The number of nitrogens with zero attached hydrogens (tertiary/aromatic N) is 3. The second-order valence-electron chi connectivity index (χ2n) is 7.77. The number of thiophene rings is 1. The van der Waals surface area contributed by atoms with Crippen molar-refractivity contribution < 1.29 is 14.3 Å². The third-order valence-electron chi connectivity index (χ3n) is 5.67. The molecule has 31 heavy (non-hydrogen) atoms. The number of fused-ring (bicyclic) bond motifs is 1. The fourth-order valence-electron chi connectivity index (χ4n) is 4.16. The average Bonchev–Trinajstić information content (AvgIpc) is 3.44. The number of hydrogen-bond acceptors (Lipinski definition) is 6. The zero-order valence-electron chi connectivity index (χ0n) is 17.2. The molecule has 1 atom stereocenters. The van der Waals surface area contributed by atoms with E-state index in [9.17, 15) is 9.59 Å². The Morgan fingerprint density at radius 1 is 1.13 bits per heavy atom. The van der Waals surface area contributed by atoms with Gasteiger partial charge >= 0.3 is 0 Å². The zero-order valence-corrected chi connectivity index (χ0v) is 18.1. The molecule has 1 unspecified atom stereocenters. The summed E-state index contributed by atoms with van der Waals surface area (Å²) in [5.41, 5.74) is 1.45. The Kier molecular flexibility index (Phi) is 5.23. The van der Waals surface area contributed by atoms with Gasteiger partial charge in [-0.25, -0.2) is 4.68 Å². The van der Waals surface area contributed by atoms with Crippen LogP contribution >= 0.6 is 11.3 Å². The van der Waals surface area contributed by atoms with Gasteiger partial charge < -0.3 is 14.4 Å². The molecule has 3 aromatic rings. The summed E-state index contributed by atoms with van der Waals surface area (Å²) >= 11 is 1.61. The van der Waals surface area contributed by atoms with Gasteiger partial charge in [0.15, 0.2) is 11.5 Å². The molecule has 1 amide bonds. The Morgan fingerprint density at radius 3 is 2.77 bits per heavy atom. The lowest BCUT2D eigenvalue weighted by Crippen LogP contribution is -2.37. The molecule has 8 heteroatoms. The third kappa shape index (κ3) is 3.95. The van der Waals surface area contributed by atoms with Gasteiger partial charge in [0, 0.05) is 17.5 Å². The van der Waals surface area contributed by atoms with Gasteiger partial charge in [0.1, 0.15) is 25.5 Å². The largest absolute Gasteiger partial charge is 0.486 e. The lowest BCUT2D eigenvalue weighted by Gasteiger charge is -2.27. The highest BCUT2D eigenvalue weighted by Crippen LogP contribution is 2.38. The van der Waals surface area contributed by atoms with Crippen LogP contribution in [0.3, 0.4) is 0 Å². The minimum Gasteiger partial charge on any atom is -0.486 e. The highest BCUT2D eigenvalue weighted by atomic mass is 32.1. The molecule has 0 aliphatic carbocycles.